The Labute approximate surface area is 102 Å². The van der Waals surface area contributed by atoms with Crippen molar-refractivity contribution in [2.24, 2.45) is 5.92 Å². The molecule has 98 valence electrons. The number of amides is 1. The Hall–Kier alpha value is -0.810. The molecule has 0 spiro atoms. The Kier molecular flexibility index (Phi) is 3.58. The van der Waals surface area contributed by atoms with Gasteiger partial charge in [0.2, 0.25) is 0 Å². The highest BCUT2D eigenvalue weighted by atomic mass is 16.6. The van der Waals surface area contributed by atoms with Gasteiger partial charge in [0.15, 0.2) is 0 Å². The highest BCUT2D eigenvalue weighted by Gasteiger charge is 2.37. The quantitative estimate of drug-likeness (QED) is 0.684. The molecule has 5 heteroatoms. The summed E-state index contributed by atoms with van der Waals surface area (Å²) in [5.41, 5.74) is -0.425. The fourth-order valence-electron chi connectivity index (χ4n) is 2.30. The molecule has 2 aliphatic rings. The van der Waals surface area contributed by atoms with Gasteiger partial charge >= 0.3 is 6.09 Å². The summed E-state index contributed by atoms with van der Waals surface area (Å²) in [5.74, 6) is 0.394. The fourth-order valence-corrected chi connectivity index (χ4v) is 2.30. The number of fused-ring (bicyclic) bond motifs is 1. The summed E-state index contributed by atoms with van der Waals surface area (Å²) in [7, 11) is 0. The van der Waals surface area contributed by atoms with Crippen molar-refractivity contribution in [1.82, 2.24) is 10.2 Å². The summed E-state index contributed by atoms with van der Waals surface area (Å²) in [6, 6.07) is 0.352. The molecule has 0 aromatic heterocycles. The van der Waals surface area contributed by atoms with Gasteiger partial charge in [-0.25, -0.2) is 4.79 Å². The Bertz CT molecular complexity index is 274. The zero-order valence-electron chi connectivity index (χ0n) is 10.9. The molecule has 2 rings (SSSR count). The molecule has 0 saturated carbocycles. The first-order valence-corrected chi connectivity index (χ1v) is 6.25. The molecule has 1 amide bonds. The third-order valence-corrected chi connectivity index (χ3v) is 3.08. The largest absolute Gasteiger partial charge is 0.444 e. The lowest BCUT2D eigenvalue weighted by atomic mass is 10.1. The van der Waals surface area contributed by atoms with Crippen molar-refractivity contribution in [2.75, 3.05) is 32.8 Å². The van der Waals surface area contributed by atoms with Crippen LogP contribution in [-0.2, 0) is 9.47 Å². The third kappa shape index (κ3) is 3.33. The minimum atomic E-state index is -0.425. The lowest BCUT2D eigenvalue weighted by molar-refractivity contribution is 0.0272. The van der Waals surface area contributed by atoms with Crippen LogP contribution >= 0.6 is 0 Å². The zero-order chi connectivity index (χ0) is 12.5. The van der Waals surface area contributed by atoms with Gasteiger partial charge < -0.3 is 19.7 Å². The molecule has 0 radical (unpaired) electrons. The van der Waals surface area contributed by atoms with Gasteiger partial charge in [-0.3, -0.25) is 0 Å². The van der Waals surface area contributed by atoms with Crippen LogP contribution in [0.4, 0.5) is 4.79 Å². The average molecular weight is 242 g/mol. The molecular formula is C12H22N2O3. The number of nitrogens with one attached hydrogen (secondary N) is 1. The third-order valence-electron chi connectivity index (χ3n) is 3.08. The molecular weight excluding hydrogens is 220 g/mol. The number of ether oxygens (including phenoxy) is 2. The Morgan fingerprint density at radius 1 is 1.41 bits per heavy atom. The number of rotatable bonds is 0. The molecule has 2 saturated heterocycles. The minimum absolute atomic E-state index is 0.215. The Morgan fingerprint density at radius 3 is 2.88 bits per heavy atom. The van der Waals surface area contributed by atoms with E-state index in [1.54, 1.807) is 4.90 Å². The van der Waals surface area contributed by atoms with E-state index in [2.05, 4.69) is 5.32 Å². The van der Waals surface area contributed by atoms with Gasteiger partial charge in [-0.15, -0.1) is 0 Å². The van der Waals surface area contributed by atoms with Crippen molar-refractivity contribution in [3.8, 4) is 0 Å². The van der Waals surface area contributed by atoms with E-state index in [9.17, 15) is 4.79 Å². The first-order chi connectivity index (χ1) is 7.96. The van der Waals surface area contributed by atoms with Crippen LogP contribution in [0.5, 0.6) is 0 Å². The maximum absolute atomic E-state index is 11.9. The van der Waals surface area contributed by atoms with Gasteiger partial charge in [-0.2, -0.15) is 0 Å². The van der Waals surface area contributed by atoms with Crippen LogP contribution in [0.2, 0.25) is 0 Å². The summed E-state index contributed by atoms with van der Waals surface area (Å²) in [5, 5.41) is 3.42. The maximum Gasteiger partial charge on any atom is 0.410 e. The highest BCUT2D eigenvalue weighted by molar-refractivity contribution is 5.68. The second-order valence-corrected chi connectivity index (χ2v) is 5.78. The fraction of sp³-hybridized carbons (Fsp3) is 0.917. The van der Waals surface area contributed by atoms with Crippen molar-refractivity contribution in [1.29, 1.82) is 0 Å². The van der Waals surface area contributed by atoms with Crippen LogP contribution in [0.1, 0.15) is 20.8 Å². The van der Waals surface area contributed by atoms with E-state index in [1.165, 1.54) is 0 Å². The van der Waals surface area contributed by atoms with Gasteiger partial charge in [-0.05, 0) is 20.8 Å². The number of carbonyl (C=O) groups is 1. The number of carbonyl (C=O) groups excluding carboxylic acids is 1. The first-order valence-electron chi connectivity index (χ1n) is 6.25. The highest BCUT2D eigenvalue weighted by Crippen LogP contribution is 2.21. The summed E-state index contributed by atoms with van der Waals surface area (Å²) >= 11 is 0. The standard InChI is InChI=1S/C12H22N2O3/c1-12(2,3)17-11(15)14-6-9-8-16-5-4-13-10(9)7-14/h9-10,13H,4-8H2,1-3H3/t9-,10?/m0/s1. The second kappa shape index (κ2) is 4.82. The maximum atomic E-state index is 11.9. The van der Waals surface area contributed by atoms with Crippen molar-refractivity contribution < 1.29 is 14.3 Å². The summed E-state index contributed by atoms with van der Waals surface area (Å²) in [6.07, 6.45) is -0.215. The average Bonchev–Trinajstić information content (AvgIpc) is 2.48. The van der Waals surface area contributed by atoms with E-state index in [0.717, 1.165) is 32.8 Å². The molecule has 2 atom stereocenters. The van der Waals surface area contributed by atoms with Crippen LogP contribution in [0.25, 0.3) is 0 Å². The molecule has 0 aromatic carbocycles. The van der Waals surface area contributed by atoms with E-state index in [0.29, 0.717) is 12.0 Å². The van der Waals surface area contributed by atoms with Crippen LogP contribution in [0.15, 0.2) is 0 Å². The van der Waals surface area contributed by atoms with Crippen molar-refractivity contribution in [3.63, 3.8) is 0 Å². The molecule has 1 unspecified atom stereocenters. The van der Waals surface area contributed by atoms with Gasteiger partial charge in [0.1, 0.15) is 5.60 Å². The number of hydrogen-bond donors (Lipinski definition) is 1. The number of likely N-dealkylation sites (tertiary alicyclic amines) is 1. The lowest BCUT2D eigenvalue weighted by Crippen LogP contribution is -2.39. The van der Waals surface area contributed by atoms with E-state index in [1.807, 2.05) is 20.8 Å². The SMILES string of the molecule is CC(C)(C)OC(=O)N1CC2NCCOC[C@@H]2C1. The number of nitrogens with zero attached hydrogens (tertiary/aromatic N) is 1. The van der Waals surface area contributed by atoms with Gasteiger partial charge in [0.25, 0.3) is 0 Å². The predicted molar refractivity (Wildman–Crippen MR) is 63.9 cm³/mol. The van der Waals surface area contributed by atoms with Crippen LogP contribution < -0.4 is 5.32 Å². The Balaban J connectivity index is 1.90. The minimum Gasteiger partial charge on any atom is -0.444 e. The molecule has 2 aliphatic heterocycles. The van der Waals surface area contributed by atoms with Crippen LogP contribution in [0, 0.1) is 5.92 Å². The first kappa shape index (κ1) is 12.6. The molecule has 17 heavy (non-hydrogen) atoms. The topological polar surface area (TPSA) is 50.8 Å². The molecule has 0 aromatic rings. The second-order valence-electron chi connectivity index (χ2n) is 5.78. The molecule has 2 fully saturated rings. The Morgan fingerprint density at radius 2 is 2.18 bits per heavy atom. The molecule has 1 N–H and O–H groups in total. The van der Waals surface area contributed by atoms with Crippen molar-refractivity contribution in [2.45, 2.75) is 32.4 Å². The zero-order valence-corrected chi connectivity index (χ0v) is 10.9. The molecule has 2 heterocycles. The molecule has 0 aliphatic carbocycles. The van der Waals surface area contributed by atoms with Gasteiger partial charge in [0, 0.05) is 31.6 Å². The van der Waals surface area contributed by atoms with Gasteiger partial charge in [0.05, 0.1) is 13.2 Å². The van der Waals surface area contributed by atoms with Gasteiger partial charge in [-0.1, -0.05) is 0 Å². The summed E-state index contributed by atoms with van der Waals surface area (Å²) < 4.78 is 10.9. The predicted octanol–water partition coefficient (Wildman–Crippen LogP) is 0.842. The molecule has 0 bridgehead atoms. The summed E-state index contributed by atoms with van der Waals surface area (Å²) in [4.78, 5) is 13.7. The van der Waals surface area contributed by atoms with E-state index in [4.69, 9.17) is 9.47 Å². The monoisotopic (exact) mass is 242 g/mol. The van der Waals surface area contributed by atoms with E-state index < -0.39 is 5.60 Å². The lowest BCUT2D eigenvalue weighted by Gasteiger charge is -2.24. The molecule has 5 nitrogen and oxygen atoms in total. The summed E-state index contributed by atoms with van der Waals surface area (Å²) in [6.45, 7) is 9.48. The van der Waals surface area contributed by atoms with Crippen LogP contribution in [0.3, 0.4) is 0 Å². The van der Waals surface area contributed by atoms with Crippen molar-refractivity contribution in [3.05, 3.63) is 0 Å². The smallest absolute Gasteiger partial charge is 0.410 e. The number of hydrogen-bond acceptors (Lipinski definition) is 4. The van der Waals surface area contributed by atoms with E-state index >= 15 is 0 Å². The van der Waals surface area contributed by atoms with E-state index in [-0.39, 0.29) is 6.09 Å². The van der Waals surface area contributed by atoms with Crippen molar-refractivity contribution >= 4 is 6.09 Å². The van der Waals surface area contributed by atoms with Crippen LogP contribution in [-0.4, -0.2) is 55.5 Å². The normalized spacial score (nSPS) is 29.7.